The van der Waals surface area contributed by atoms with Crippen molar-refractivity contribution in [2.24, 2.45) is 0 Å². The van der Waals surface area contributed by atoms with Crippen molar-refractivity contribution >= 4 is 8.25 Å². The minimum Gasteiger partial charge on any atom is -0.304 e. The quantitative estimate of drug-likeness (QED) is 0.596. The molecule has 0 saturated carbocycles. The summed E-state index contributed by atoms with van der Waals surface area (Å²) in [5.74, 6) is 0. The third-order valence-electron chi connectivity index (χ3n) is 1.65. The molecule has 0 bridgehead atoms. The molecule has 5 nitrogen and oxygen atoms in total. The van der Waals surface area contributed by atoms with Gasteiger partial charge < -0.3 is 4.90 Å². The fourth-order valence-electron chi connectivity index (χ4n) is 0.969. The first-order valence-electron chi connectivity index (χ1n) is 3.46. The molecule has 1 heterocycles. The van der Waals surface area contributed by atoms with Gasteiger partial charge in [-0.05, 0) is 11.7 Å². The van der Waals surface area contributed by atoms with Gasteiger partial charge >= 0.3 is 8.25 Å². The van der Waals surface area contributed by atoms with Crippen LogP contribution in [-0.4, -0.2) is 48.1 Å². The molecule has 1 unspecified atom stereocenters. The van der Waals surface area contributed by atoms with E-state index in [1.54, 1.807) is 0 Å². The first kappa shape index (κ1) is 9.03. The molecule has 0 radical (unpaired) electrons. The van der Waals surface area contributed by atoms with E-state index in [9.17, 15) is 4.57 Å². The van der Waals surface area contributed by atoms with Crippen LogP contribution in [0.4, 0.5) is 0 Å². The summed E-state index contributed by atoms with van der Waals surface area (Å²) in [6.45, 7) is 3.14. The largest absolute Gasteiger partial charge is 0.713 e. The molecule has 11 heavy (non-hydrogen) atoms. The van der Waals surface area contributed by atoms with Crippen LogP contribution in [0.2, 0.25) is 0 Å². The summed E-state index contributed by atoms with van der Waals surface area (Å²) in [5.41, 5.74) is 0. The van der Waals surface area contributed by atoms with Gasteiger partial charge in [0.15, 0.2) is 0 Å². The van der Waals surface area contributed by atoms with Crippen molar-refractivity contribution < 1.29 is 14.1 Å². The summed E-state index contributed by atoms with van der Waals surface area (Å²) in [6, 6.07) is 0. The monoisotopic (exact) mass is 179 g/mol. The topological polar surface area (TPSA) is 53.0 Å². The first-order chi connectivity index (χ1) is 5.18. The zero-order valence-corrected chi connectivity index (χ0v) is 7.33. The number of hydroxylamine groups is 2. The molecule has 1 atom stereocenters. The highest BCUT2D eigenvalue weighted by atomic mass is 31.1. The Hall–Kier alpha value is -0.0600. The molecule has 0 aliphatic carbocycles. The summed E-state index contributed by atoms with van der Waals surface area (Å²) in [7, 11) is -0.470. The molecule has 0 amide bonds. The highest BCUT2D eigenvalue weighted by molar-refractivity contribution is 7.32. The van der Waals surface area contributed by atoms with Gasteiger partial charge in [0.1, 0.15) is 0 Å². The van der Waals surface area contributed by atoms with Crippen LogP contribution in [0.1, 0.15) is 0 Å². The zero-order chi connectivity index (χ0) is 8.27. The molecule has 1 aliphatic heterocycles. The van der Waals surface area contributed by atoms with Crippen molar-refractivity contribution in [1.82, 2.24) is 9.96 Å². The molecule has 1 rings (SSSR count). The fraction of sp³-hybridized carbons (Fsp3) is 1.00. The van der Waals surface area contributed by atoms with Gasteiger partial charge in [-0.3, -0.25) is 0 Å². The molecule has 0 aromatic carbocycles. The summed E-state index contributed by atoms with van der Waals surface area (Å²) < 4.78 is 14.8. The smallest absolute Gasteiger partial charge is 0.304 e. The van der Waals surface area contributed by atoms with E-state index in [-0.39, 0.29) is 0 Å². The minimum absolute atomic E-state index is 0.693. The fourth-order valence-corrected chi connectivity index (χ4v) is 1.33. The van der Waals surface area contributed by atoms with E-state index in [1.807, 2.05) is 7.05 Å². The van der Waals surface area contributed by atoms with Crippen molar-refractivity contribution in [2.75, 3.05) is 33.2 Å². The molecule has 0 spiro atoms. The van der Waals surface area contributed by atoms with Gasteiger partial charge in [-0.25, -0.2) is 0 Å². The SMILES string of the molecule is CN1CCN(O[P+](=O)O)CC1. The average Bonchev–Trinajstić information content (AvgIpc) is 1.93. The van der Waals surface area contributed by atoms with E-state index in [1.165, 1.54) is 5.06 Å². The van der Waals surface area contributed by atoms with E-state index >= 15 is 0 Å². The second-order valence-corrected chi connectivity index (χ2v) is 3.19. The number of piperazine rings is 1. The van der Waals surface area contributed by atoms with Crippen molar-refractivity contribution in [3.05, 3.63) is 0 Å². The van der Waals surface area contributed by atoms with E-state index < -0.39 is 8.25 Å². The third kappa shape index (κ3) is 3.22. The van der Waals surface area contributed by atoms with Gasteiger partial charge in [-0.2, -0.15) is 0 Å². The lowest BCUT2D eigenvalue weighted by atomic mass is 10.4. The van der Waals surface area contributed by atoms with Gasteiger partial charge in [0.05, 0.1) is 0 Å². The van der Waals surface area contributed by atoms with Crippen molar-refractivity contribution in [2.45, 2.75) is 0 Å². The summed E-state index contributed by atoms with van der Waals surface area (Å²) in [6.07, 6.45) is 0. The molecule has 1 fully saturated rings. The molecular formula is C5H12N2O3P+. The van der Waals surface area contributed by atoms with Gasteiger partial charge in [0, 0.05) is 30.7 Å². The van der Waals surface area contributed by atoms with Crippen molar-refractivity contribution in [1.29, 1.82) is 0 Å². The van der Waals surface area contributed by atoms with Crippen molar-refractivity contribution in [3.63, 3.8) is 0 Å². The standard InChI is InChI=1S/C5H11N2O3P/c1-6-2-4-7(5-3-6)10-11(8)9/h2-5H2,1H3/p+1. The number of nitrogens with zero attached hydrogens (tertiary/aromatic N) is 2. The number of rotatable bonds is 2. The van der Waals surface area contributed by atoms with Crippen LogP contribution in [0, 0.1) is 0 Å². The molecular weight excluding hydrogens is 167 g/mol. The lowest BCUT2D eigenvalue weighted by Gasteiger charge is -2.26. The maximum absolute atomic E-state index is 10.2. The zero-order valence-electron chi connectivity index (χ0n) is 6.43. The maximum atomic E-state index is 10.2. The van der Waals surface area contributed by atoms with Crippen molar-refractivity contribution in [3.8, 4) is 0 Å². The van der Waals surface area contributed by atoms with E-state index in [4.69, 9.17) is 4.89 Å². The van der Waals surface area contributed by atoms with Crippen LogP contribution in [0.25, 0.3) is 0 Å². The normalized spacial score (nSPS) is 23.6. The summed E-state index contributed by atoms with van der Waals surface area (Å²) in [4.78, 5) is 10.5. The predicted molar refractivity (Wildman–Crippen MR) is 40.0 cm³/mol. The Bertz CT molecular complexity index is 147. The number of likely N-dealkylation sites (N-methyl/N-ethyl adjacent to an activating group) is 1. The maximum Gasteiger partial charge on any atom is 0.713 e. The van der Waals surface area contributed by atoms with Gasteiger partial charge in [0.2, 0.25) is 0 Å². The van der Waals surface area contributed by atoms with E-state index in [0.717, 1.165) is 13.1 Å². The summed E-state index contributed by atoms with van der Waals surface area (Å²) >= 11 is 0. The summed E-state index contributed by atoms with van der Waals surface area (Å²) in [5, 5.41) is 1.53. The second-order valence-electron chi connectivity index (χ2n) is 2.55. The molecule has 6 heteroatoms. The first-order valence-corrected chi connectivity index (χ1v) is 4.59. The molecule has 0 aromatic rings. The Balaban J connectivity index is 2.22. The highest BCUT2D eigenvalue weighted by Gasteiger charge is 2.23. The molecule has 0 aromatic heterocycles. The number of hydrogen-bond donors (Lipinski definition) is 1. The Morgan fingerprint density at radius 1 is 1.36 bits per heavy atom. The predicted octanol–water partition coefficient (Wildman–Crippen LogP) is -0.185. The van der Waals surface area contributed by atoms with Gasteiger partial charge in [0.25, 0.3) is 0 Å². The van der Waals surface area contributed by atoms with Gasteiger partial charge in [-0.15, -0.1) is 9.96 Å². The Morgan fingerprint density at radius 3 is 2.36 bits per heavy atom. The van der Waals surface area contributed by atoms with Crippen LogP contribution < -0.4 is 0 Å². The van der Waals surface area contributed by atoms with E-state index in [0.29, 0.717) is 13.1 Å². The van der Waals surface area contributed by atoms with Crippen LogP contribution in [0.5, 0.6) is 0 Å². The lowest BCUT2D eigenvalue weighted by Crippen LogP contribution is -2.43. The van der Waals surface area contributed by atoms with E-state index in [2.05, 4.69) is 9.52 Å². The van der Waals surface area contributed by atoms with Crippen LogP contribution in [-0.2, 0) is 9.19 Å². The van der Waals surface area contributed by atoms with Crippen LogP contribution in [0.15, 0.2) is 0 Å². The van der Waals surface area contributed by atoms with Gasteiger partial charge in [-0.1, -0.05) is 0 Å². The van der Waals surface area contributed by atoms with Crippen LogP contribution in [0.3, 0.4) is 0 Å². The minimum atomic E-state index is -2.48. The Morgan fingerprint density at radius 2 is 1.91 bits per heavy atom. The molecule has 1 aliphatic rings. The molecule has 1 N–H and O–H groups in total. The molecule has 1 saturated heterocycles. The third-order valence-corrected chi connectivity index (χ3v) is 2.02. The lowest BCUT2D eigenvalue weighted by molar-refractivity contribution is -0.0860. The van der Waals surface area contributed by atoms with Crippen LogP contribution >= 0.6 is 8.25 Å². The Kier molecular flexibility index (Phi) is 3.36. The average molecular weight is 179 g/mol. The highest BCUT2D eigenvalue weighted by Crippen LogP contribution is 2.18. The Labute approximate surface area is 66.5 Å². The second kappa shape index (κ2) is 4.09. The molecule has 64 valence electrons. The number of hydrogen-bond acceptors (Lipinski definition) is 4.